The lowest BCUT2D eigenvalue weighted by atomic mass is 10.1. The van der Waals surface area contributed by atoms with Gasteiger partial charge in [0.15, 0.2) is 0 Å². The quantitative estimate of drug-likeness (QED) is 0.432. The van der Waals surface area contributed by atoms with Crippen LogP contribution in [0, 0.1) is 5.41 Å². The van der Waals surface area contributed by atoms with Crippen LogP contribution in [0.4, 0.5) is 0 Å². The van der Waals surface area contributed by atoms with Crippen LogP contribution in [0.2, 0.25) is 0 Å². The highest BCUT2D eigenvalue weighted by Gasteiger charge is 1.98. The average Bonchev–Trinajstić information content (AvgIpc) is 2.62. The van der Waals surface area contributed by atoms with E-state index in [0.717, 1.165) is 23.4 Å². The number of aromatic nitrogens is 1. The van der Waals surface area contributed by atoms with E-state index in [4.69, 9.17) is 21.0 Å². The Bertz CT molecular complexity index is 513. The first kappa shape index (κ1) is 11.8. The van der Waals surface area contributed by atoms with Crippen LogP contribution >= 0.6 is 0 Å². The number of nitrogen functional groups attached to an aromatic ring is 1. The van der Waals surface area contributed by atoms with Gasteiger partial charge in [0.1, 0.15) is 5.84 Å². The molecule has 1 aromatic heterocycles. The zero-order chi connectivity index (χ0) is 12.1. The summed E-state index contributed by atoms with van der Waals surface area (Å²) in [6.07, 6.45) is 1.87. The van der Waals surface area contributed by atoms with Gasteiger partial charge in [-0.05, 0) is 24.3 Å². The number of hydrogen-bond acceptors (Lipinski definition) is 2. The molecule has 5 nitrogen and oxygen atoms in total. The van der Waals surface area contributed by atoms with Gasteiger partial charge in [-0.15, -0.1) is 0 Å². The van der Waals surface area contributed by atoms with Crippen molar-refractivity contribution < 1.29 is 9.90 Å². The minimum absolute atomic E-state index is 0.109. The summed E-state index contributed by atoms with van der Waals surface area (Å²) in [4.78, 5) is 12.1. The molecule has 0 unspecified atom stereocenters. The molecular formula is C11H13N3O2. The Morgan fingerprint density at radius 3 is 2.62 bits per heavy atom. The van der Waals surface area contributed by atoms with Crippen molar-refractivity contribution in [2.24, 2.45) is 5.73 Å². The number of fused-ring (bicyclic) bond motifs is 1. The summed E-state index contributed by atoms with van der Waals surface area (Å²) in [6.45, 7) is 1.08. The van der Waals surface area contributed by atoms with Gasteiger partial charge < -0.3 is 15.8 Å². The van der Waals surface area contributed by atoms with Crippen LogP contribution in [0.25, 0.3) is 10.9 Å². The molecule has 0 amide bonds. The van der Waals surface area contributed by atoms with E-state index in [1.807, 2.05) is 30.5 Å². The Kier molecular flexibility index (Phi) is 3.66. The minimum atomic E-state index is -0.833. The molecule has 0 aliphatic heterocycles. The summed E-state index contributed by atoms with van der Waals surface area (Å²) in [5.74, 6) is -0.724. The maximum Gasteiger partial charge on any atom is 0.300 e. The van der Waals surface area contributed by atoms with Crippen molar-refractivity contribution in [2.75, 3.05) is 0 Å². The highest BCUT2D eigenvalue weighted by Crippen LogP contribution is 2.13. The zero-order valence-electron chi connectivity index (χ0n) is 8.82. The molecule has 0 saturated heterocycles. The van der Waals surface area contributed by atoms with Crippen molar-refractivity contribution in [1.82, 2.24) is 4.98 Å². The predicted octanol–water partition coefficient (Wildman–Crippen LogP) is 1.54. The number of amidine groups is 1. The molecule has 2 rings (SSSR count). The van der Waals surface area contributed by atoms with E-state index in [9.17, 15) is 0 Å². The van der Waals surface area contributed by atoms with E-state index >= 15 is 0 Å². The fraction of sp³-hybridized carbons (Fsp3) is 0.0909. The fourth-order valence-corrected chi connectivity index (χ4v) is 1.22. The van der Waals surface area contributed by atoms with Crippen molar-refractivity contribution in [3.63, 3.8) is 0 Å². The number of carboxylic acid groups (broad SMARTS) is 1. The lowest BCUT2D eigenvalue weighted by Crippen LogP contribution is -2.10. The second kappa shape index (κ2) is 4.97. The number of rotatable bonds is 1. The smallest absolute Gasteiger partial charge is 0.300 e. The van der Waals surface area contributed by atoms with Crippen LogP contribution in [-0.4, -0.2) is 21.9 Å². The number of aromatic amines is 1. The first-order valence-electron chi connectivity index (χ1n) is 4.62. The van der Waals surface area contributed by atoms with Crippen molar-refractivity contribution in [2.45, 2.75) is 6.92 Å². The topological polar surface area (TPSA) is 103 Å². The summed E-state index contributed by atoms with van der Waals surface area (Å²) < 4.78 is 0. The third kappa shape index (κ3) is 3.13. The number of hydrogen-bond donors (Lipinski definition) is 4. The zero-order valence-corrected chi connectivity index (χ0v) is 8.82. The maximum atomic E-state index is 9.00. The van der Waals surface area contributed by atoms with Gasteiger partial charge in [-0.25, -0.2) is 0 Å². The standard InChI is InChI=1S/C9H9N3.C2H4O2/c10-9(11)7-1-2-8-6(5-7)3-4-12-8;1-2(3)4/h1-5,12H,(H3,10,11);1H3,(H,3,4). The molecule has 0 fully saturated rings. The molecule has 0 bridgehead atoms. The minimum Gasteiger partial charge on any atom is -0.481 e. The van der Waals surface area contributed by atoms with Crippen molar-refractivity contribution >= 4 is 22.7 Å². The molecule has 0 saturated carbocycles. The van der Waals surface area contributed by atoms with Crippen molar-refractivity contribution in [1.29, 1.82) is 5.41 Å². The summed E-state index contributed by atoms with van der Waals surface area (Å²) in [5.41, 5.74) is 7.18. The summed E-state index contributed by atoms with van der Waals surface area (Å²) in [7, 11) is 0. The number of nitrogens with one attached hydrogen (secondary N) is 2. The molecule has 2 aromatic rings. The summed E-state index contributed by atoms with van der Waals surface area (Å²) in [6, 6.07) is 7.61. The Labute approximate surface area is 92.4 Å². The van der Waals surface area contributed by atoms with Crippen LogP contribution in [0.1, 0.15) is 12.5 Å². The normalized spacial score (nSPS) is 9.31. The number of carbonyl (C=O) groups is 1. The molecular weight excluding hydrogens is 206 g/mol. The van der Waals surface area contributed by atoms with E-state index in [1.165, 1.54) is 0 Å². The third-order valence-electron chi connectivity index (χ3n) is 1.86. The lowest BCUT2D eigenvalue weighted by Gasteiger charge is -1.96. The molecule has 0 aliphatic rings. The molecule has 0 radical (unpaired) electrons. The Morgan fingerprint density at radius 2 is 2.06 bits per heavy atom. The first-order valence-corrected chi connectivity index (χ1v) is 4.62. The van der Waals surface area contributed by atoms with Crippen molar-refractivity contribution in [3.8, 4) is 0 Å². The highest BCUT2D eigenvalue weighted by molar-refractivity contribution is 5.98. The first-order chi connectivity index (χ1) is 7.50. The van der Waals surface area contributed by atoms with Crippen molar-refractivity contribution in [3.05, 3.63) is 36.0 Å². The van der Waals surface area contributed by atoms with Gasteiger partial charge in [0.2, 0.25) is 0 Å². The molecule has 0 atom stereocenters. The highest BCUT2D eigenvalue weighted by atomic mass is 16.4. The van der Waals surface area contributed by atoms with Gasteiger partial charge in [-0.2, -0.15) is 0 Å². The van der Waals surface area contributed by atoms with Gasteiger partial charge in [-0.3, -0.25) is 10.2 Å². The average molecular weight is 219 g/mol. The monoisotopic (exact) mass is 219 g/mol. The molecule has 1 aromatic carbocycles. The second-order valence-corrected chi connectivity index (χ2v) is 3.21. The fourth-order valence-electron chi connectivity index (χ4n) is 1.22. The van der Waals surface area contributed by atoms with Crippen LogP contribution in [0.15, 0.2) is 30.5 Å². The van der Waals surface area contributed by atoms with Gasteiger partial charge in [0.25, 0.3) is 5.97 Å². The van der Waals surface area contributed by atoms with Gasteiger partial charge in [0, 0.05) is 29.6 Å². The Balaban J connectivity index is 0.000000280. The molecule has 0 spiro atoms. The number of aliphatic carboxylic acids is 1. The van der Waals surface area contributed by atoms with Crippen LogP contribution in [0.5, 0.6) is 0 Å². The van der Waals surface area contributed by atoms with E-state index in [-0.39, 0.29) is 5.84 Å². The van der Waals surface area contributed by atoms with Gasteiger partial charge >= 0.3 is 0 Å². The van der Waals surface area contributed by atoms with Gasteiger partial charge in [-0.1, -0.05) is 0 Å². The molecule has 84 valence electrons. The van der Waals surface area contributed by atoms with Crippen LogP contribution in [-0.2, 0) is 4.79 Å². The predicted molar refractivity (Wildman–Crippen MR) is 62.6 cm³/mol. The van der Waals surface area contributed by atoms with Crippen LogP contribution in [0.3, 0.4) is 0 Å². The Hall–Kier alpha value is -2.30. The summed E-state index contributed by atoms with van der Waals surface area (Å²) >= 11 is 0. The van der Waals surface area contributed by atoms with Crippen LogP contribution < -0.4 is 5.73 Å². The van der Waals surface area contributed by atoms with E-state index in [1.54, 1.807) is 0 Å². The molecule has 1 heterocycles. The molecule has 0 aliphatic carbocycles. The number of nitrogens with two attached hydrogens (primary N) is 1. The SMILES string of the molecule is CC(=O)O.N=C(N)c1ccc2[nH]ccc2c1. The Morgan fingerprint density at radius 1 is 1.44 bits per heavy atom. The molecule has 5 N–H and O–H groups in total. The van der Waals surface area contributed by atoms with Gasteiger partial charge in [0.05, 0.1) is 0 Å². The summed E-state index contributed by atoms with van der Waals surface area (Å²) in [5, 5.41) is 15.7. The molecule has 5 heteroatoms. The number of carboxylic acids is 1. The lowest BCUT2D eigenvalue weighted by molar-refractivity contribution is -0.134. The maximum absolute atomic E-state index is 9.00. The number of benzene rings is 1. The number of H-pyrrole nitrogens is 1. The van der Waals surface area contributed by atoms with E-state index in [0.29, 0.717) is 0 Å². The van der Waals surface area contributed by atoms with E-state index < -0.39 is 5.97 Å². The largest absolute Gasteiger partial charge is 0.481 e. The third-order valence-corrected chi connectivity index (χ3v) is 1.86. The second-order valence-electron chi connectivity index (χ2n) is 3.21. The van der Waals surface area contributed by atoms with E-state index in [2.05, 4.69) is 4.98 Å². The molecule has 16 heavy (non-hydrogen) atoms.